The summed E-state index contributed by atoms with van der Waals surface area (Å²) in [5.74, 6) is 0.671. The SMILES string of the molecule is CCCCC1=Cc2ccc(-c3ccc(C=O)cc3)cc2N=C(N)C1. The molecule has 0 saturated carbocycles. The zero-order valence-electron chi connectivity index (χ0n) is 14.0. The molecule has 2 aromatic carbocycles. The molecule has 24 heavy (non-hydrogen) atoms. The number of nitrogens with zero attached hydrogens (tertiary/aromatic N) is 1. The van der Waals surface area contributed by atoms with E-state index in [4.69, 9.17) is 5.73 Å². The molecule has 1 heterocycles. The molecule has 0 unspecified atom stereocenters. The van der Waals surface area contributed by atoms with Gasteiger partial charge in [0.25, 0.3) is 0 Å². The van der Waals surface area contributed by atoms with Gasteiger partial charge in [-0.2, -0.15) is 0 Å². The molecule has 0 radical (unpaired) electrons. The monoisotopic (exact) mass is 318 g/mol. The average Bonchev–Trinajstić information content (AvgIpc) is 2.76. The molecule has 1 aliphatic rings. The third-order valence-electron chi connectivity index (χ3n) is 4.29. The van der Waals surface area contributed by atoms with Gasteiger partial charge in [-0.3, -0.25) is 4.79 Å². The number of amidine groups is 1. The van der Waals surface area contributed by atoms with Crippen LogP contribution in [0.15, 0.2) is 53.0 Å². The van der Waals surface area contributed by atoms with Crippen LogP contribution in [0.5, 0.6) is 0 Å². The van der Waals surface area contributed by atoms with Crippen molar-refractivity contribution in [2.24, 2.45) is 10.7 Å². The fourth-order valence-corrected chi connectivity index (χ4v) is 2.96. The summed E-state index contributed by atoms with van der Waals surface area (Å²) in [7, 11) is 0. The molecule has 0 fully saturated rings. The van der Waals surface area contributed by atoms with Crippen LogP contribution in [-0.4, -0.2) is 12.1 Å². The largest absolute Gasteiger partial charge is 0.387 e. The Kier molecular flexibility index (Phi) is 4.90. The molecular weight excluding hydrogens is 296 g/mol. The fraction of sp³-hybridized carbons (Fsp3) is 0.238. The molecule has 0 aliphatic carbocycles. The van der Waals surface area contributed by atoms with Gasteiger partial charge in [0.2, 0.25) is 0 Å². The molecule has 3 heteroatoms. The van der Waals surface area contributed by atoms with Crippen LogP contribution < -0.4 is 5.73 Å². The Morgan fingerprint density at radius 2 is 1.88 bits per heavy atom. The maximum absolute atomic E-state index is 10.8. The van der Waals surface area contributed by atoms with E-state index in [0.717, 1.165) is 41.5 Å². The Hall–Kier alpha value is -2.68. The lowest BCUT2D eigenvalue weighted by atomic mass is 9.99. The van der Waals surface area contributed by atoms with Gasteiger partial charge in [-0.1, -0.05) is 61.4 Å². The molecule has 0 aromatic heterocycles. The normalized spacial score (nSPS) is 13.5. The lowest BCUT2D eigenvalue weighted by molar-refractivity contribution is 0.112. The maximum atomic E-state index is 10.8. The van der Waals surface area contributed by atoms with Crippen molar-refractivity contribution in [3.05, 3.63) is 59.2 Å². The summed E-state index contributed by atoms with van der Waals surface area (Å²) in [5.41, 5.74) is 12.3. The molecule has 0 spiro atoms. The molecule has 1 aliphatic heterocycles. The fourth-order valence-electron chi connectivity index (χ4n) is 2.96. The van der Waals surface area contributed by atoms with E-state index in [-0.39, 0.29) is 0 Å². The van der Waals surface area contributed by atoms with Crippen molar-refractivity contribution in [3.8, 4) is 11.1 Å². The standard InChI is InChI=1S/C21H22N2O/c1-2-3-4-16-11-19-10-9-18(13-20(19)23-21(22)12-16)17-7-5-15(14-24)6-8-17/h5-11,13-14H,2-4,12H2,1H3,(H2,22,23). The van der Waals surface area contributed by atoms with Crippen molar-refractivity contribution in [1.82, 2.24) is 0 Å². The van der Waals surface area contributed by atoms with E-state index in [9.17, 15) is 4.79 Å². The van der Waals surface area contributed by atoms with Crippen molar-refractivity contribution in [3.63, 3.8) is 0 Å². The van der Waals surface area contributed by atoms with Crippen molar-refractivity contribution in [1.29, 1.82) is 0 Å². The first-order valence-corrected chi connectivity index (χ1v) is 8.41. The first kappa shape index (κ1) is 16.2. The molecule has 2 N–H and O–H groups in total. The number of aliphatic imine (C=N–C) groups is 1. The molecule has 122 valence electrons. The van der Waals surface area contributed by atoms with Crippen LogP contribution in [-0.2, 0) is 0 Å². The number of benzene rings is 2. The number of aldehydes is 1. The zero-order chi connectivity index (χ0) is 16.9. The smallest absolute Gasteiger partial charge is 0.150 e. The van der Waals surface area contributed by atoms with E-state index in [2.05, 4.69) is 36.2 Å². The molecule has 3 rings (SSSR count). The Morgan fingerprint density at radius 3 is 2.58 bits per heavy atom. The molecule has 3 nitrogen and oxygen atoms in total. The van der Waals surface area contributed by atoms with E-state index < -0.39 is 0 Å². The second-order valence-electron chi connectivity index (χ2n) is 6.20. The predicted molar refractivity (Wildman–Crippen MR) is 101 cm³/mol. The third kappa shape index (κ3) is 3.62. The summed E-state index contributed by atoms with van der Waals surface area (Å²) in [5, 5.41) is 0. The Bertz CT molecular complexity index is 801. The molecular formula is C21H22N2O. The molecule has 0 atom stereocenters. The van der Waals surface area contributed by atoms with Gasteiger partial charge < -0.3 is 5.73 Å². The van der Waals surface area contributed by atoms with Crippen molar-refractivity contribution in [2.45, 2.75) is 32.6 Å². The topological polar surface area (TPSA) is 55.5 Å². The van der Waals surface area contributed by atoms with E-state index in [1.807, 2.05) is 24.3 Å². The van der Waals surface area contributed by atoms with Gasteiger partial charge in [0.05, 0.1) is 5.69 Å². The summed E-state index contributed by atoms with van der Waals surface area (Å²) < 4.78 is 0. The number of carbonyl (C=O) groups excluding carboxylic acids is 1. The second-order valence-corrected chi connectivity index (χ2v) is 6.20. The van der Waals surface area contributed by atoms with Crippen molar-refractivity contribution in [2.75, 3.05) is 0 Å². The van der Waals surface area contributed by atoms with Crippen LogP contribution in [0.4, 0.5) is 5.69 Å². The van der Waals surface area contributed by atoms with E-state index in [1.54, 1.807) is 0 Å². The third-order valence-corrected chi connectivity index (χ3v) is 4.29. The number of hydrogen-bond acceptors (Lipinski definition) is 3. The summed E-state index contributed by atoms with van der Waals surface area (Å²) in [4.78, 5) is 15.4. The van der Waals surface area contributed by atoms with E-state index in [1.165, 1.54) is 18.4 Å². The van der Waals surface area contributed by atoms with Gasteiger partial charge in [-0.15, -0.1) is 0 Å². The van der Waals surface area contributed by atoms with Crippen LogP contribution in [0, 0.1) is 0 Å². The van der Waals surface area contributed by atoms with Gasteiger partial charge in [-0.05, 0) is 30.0 Å². The lowest BCUT2D eigenvalue weighted by Crippen LogP contribution is -2.11. The van der Waals surface area contributed by atoms with Crippen LogP contribution in [0.25, 0.3) is 17.2 Å². The zero-order valence-corrected chi connectivity index (χ0v) is 14.0. The number of unbranched alkanes of at least 4 members (excludes halogenated alkanes) is 1. The van der Waals surface area contributed by atoms with Crippen molar-refractivity contribution >= 4 is 23.9 Å². The molecule has 0 bridgehead atoms. The molecule has 2 aromatic rings. The highest BCUT2D eigenvalue weighted by molar-refractivity contribution is 5.90. The summed E-state index contributed by atoms with van der Waals surface area (Å²) >= 11 is 0. The number of fused-ring (bicyclic) bond motifs is 1. The second kappa shape index (κ2) is 7.26. The van der Waals surface area contributed by atoms with Gasteiger partial charge in [0.1, 0.15) is 12.1 Å². The van der Waals surface area contributed by atoms with Crippen LogP contribution in [0.3, 0.4) is 0 Å². The Morgan fingerprint density at radius 1 is 1.12 bits per heavy atom. The van der Waals surface area contributed by atoms with E-state index >= 15 is 0 Å². The van der Waals surface area contributed by atoms with Gasteiger partial charge in [0.15, 0.2) is 0 Å². The molecule has 0 amide bonds. The minimum absolute atomic E-state index is 0.671. The minimum atomic E-state index is 0.671. The Labute approximate surface area is 142 Å². The summed E-state index contributed by atoms with van der Waals surface area (Å²) in [6, 6.07) is 13.8. The first-order chi connectivity index (χ1) is 11.7. The van der Waals surface area contributed by atoms with Crippen LogP contribution in [0.2, 0.25) is 0 Å². The summed E-state index contributed by atoms with van der Waals surface area (Å²) in [6.07, 6.45) is 7.26. The minimum Gasteiger partial charge on any atom is -0.387 e. The Balaban J connectivity index is 1.96. The van der Waals surface area contributed by atoms with Crippen LogP contribution in [0.1, 0.15) is 48.5 Å². The number of hydrogen-bond donors (Lipinski definition) is 1. The molecule has 0 saturated heterocycles. The van der Waals surface area contributed by atoms with Gasteiger partial charge in [0, 0.05) is 17.5 Å². The predicted octanol–water partition coefficient (Wildman–Crippen LogP) is 5.13. The highest BCUT2D eigenvalue weighted by atomic mass is 16.1. The highest BCUT2D eigenvalue weighted by Crippen LogP contribution is 2.32. The van der Waals surface area contributed by atoms with Gasteiger partial charge in [-0.25, -0.2) is 4.99 Å². The van der Waals surface area contributed by atoms with Gasteiger partial charge >= 0.3 is 0 Å². The number of nitrogens with two attached hydrogens (primary N) is 1. The van der Waals surface area contributed by atoms with Crippen molar-refractivity contribution < 1.29 is 4.79 Å². The maximum Gasteiger partial charge on any atom is 0.150 e. The van der Waals surface area contributed by atoms with Crippen LogP contribution >= 0.6 is 0 Å². The summed E-state index contributed by atoms with van der Waals surface area (Å²) in [6.45, 7) is 2.20. The number of rotatable bonds is 5. The average molecular weight is 318 g/mol. The quantitative estimate of drug-likeness (QED) is 0.777. The first-order valence-electron chi connectivity index (χ1n) is 8.41. The van der Waals surface area contributed by atoms with E-state index in [0.29, 0.717) is 11.4 Å². The number of carbonyl (C=O) groups is 1. The highest BCUT2D eigenvalue weighted by Gasteiger charge is 2.11. The lowest BCUT2D eigenvalue weighted by Gasteiger charge is -2.06.